The van der Waals surface area contributed by atoms with Gasteiger partial charge in [0.05, 0.1) is 8.07 Å². The van der Waals surface area contributed by atoms with Gasteiger partial charge in [0.15, 0.2) is 0 Å². The standard InChI is InChI=1S/C4H10NOP/c1-3-7(4-2)5-6/h3-4H2,1-2H3. The van der Waals surface area contributed by atoms with Gasteiger partial charge < -0.3 is 0 Å². The van der Waals surface area contributed by atoms with Crippen LogP contribution in [0.1, 0.15) is 13.8 Å². The average Bonchev–Trinajstić information content (AvgIpc) is 1.72. The van der Waals surface area contributed by atoms with Crippen molar-refractivity contribution in [2.75, 3.05) is 12.3 Å². The first kappa shape index (κ1) is 7.03. The van der Waals surface area contributed by atoms with Crippen molar-refractivity contribution in [1.82, 2.24) is 0 Å². The maximum Gasteiger partial charge on any atom is 0.0639 e. The zero-order valence-electron chi connectivity index (χ0n) is 4.72. The van der Waals surface area contributed by atoms with Crippen molar-refractivity contribution in [3.8, 4) is 0 Å². The molecule has 0 aromatic carbocycles. The van der Waals surface area contributed by atoms with Crippen LogP contribution >= 0.6 is 8.07 Å². The second-order valence-corrected chi connectivity index (χ2v) is 3.66. The van der Waals surface area contributed by atoms with E-state index in [0.717, 1.165) is 12.3 Å². The molecule has 0 aromatic rings. The van der Waals surface area contributed by atoms with E-state index < -0.39 is 8.07 Å². The van der Waals surface area contributed by atoms with Crippen LogP contribution < -0.4 is 0 Å². The smallest absolute Gasteiger partial charge is 0.0639 e. The minimum Gasteiger partial charge on any atom is -0.147 e. The molecule has 0 atom stereocenters. The highest BCUT2D eigenvalue weighted by Crippen LogP contribution is 2.34. The molecule has 0 saturated carbocycles. The molecule has 0 unspecified atom stereocenters. The van der Waals surface area contributed by atoms with Crippen LogP contribution in [0.15, 0.2) is 4.95 Å². The molecule has 0 rings (SSSR count). The lowest BCUT2D eigenvalue weighted by Gasteiger charge is -1.96. The zero-order chi connectivity index (χ0) is 5.70. The Hall–Kier alpha value is 0.0300. The fraction of sp³-hybridized carbons (Fsp3) is 1.00. The van der Waals surface area contributed by atoms with Crippen molar-refractivity contribution < 1.29 is 0 Å². The summed E-state index contributed by atoms with van der Waals surface area (Å²) in [4.78, 5) is 12.7. The second-order valence-electron chi connectivity index (χ2n) is 1.22. The lowest BCUT2D eigenvalue weighted by atomic mass is 11.0. The zero-order valence-corrected chi connectivity index (χ0v) is 5.61. The summed E-state index contributed by atoms with van der Waals surface area (Å²) in [6.07, 6.45) is 1.88. The summed E-state index contributed by atoms with van der Waals surface area (Å²) in [5.41, 5.74) is 0. The van der Waals surface area contributed by atoms with E-state index in [1.54, 1.807) is 0 Å². The van der Waals surface area contributed by atoms with E-state index in [1.807, 2.05) is 13.8 Å². The first-order valence-corrected chi connectivity index (χ1v) is 4.09. The van der Waals surface area contributed by atoms with Gasteiger partial charge in [-0.1, -0.05) is 13.8 Å². The Morgan fingerprint density at radius 2 is 1.86 bits per heavy atom. The number of hydrogen-bond donors (Lipinski definition) is 0. The van der Waals surface area contributed by atoms with Gasteiger partial charge in [-0.2, -0.15) is 0 Å². The largest absolute Gasteiger partial charge is 0.147 e. The van der Waals surface area contributed by atoms with E-state index in [4.69, 9.17) is 0 Å². The fourth-order valence-electron chi connectivity index (χ4n) is 0.339. The molecule has 0 amide bonds. The molecular weight excluding hydrogens is 109 g/mol. The highest BCUT2D eigenvalue weighted by Gasteiger charge is 1.97. The minimum absolute atomic E-state index is 0.485. The van der Waals surface area contributed by atoms with Crippen LogP contribution in [0.4, 0.5) is 0 Å². The van der Waals surface area contributed by atoms with Crippen molar-refractivity contribution in [3.05, 3.63) is 4.91 Å². The van der Waals surface area contributed by atoms with Crippen LogP contribution in [0.25, 0.3) is 0 Å². The topological polar surface area (TPSA) is 29.4 Å². The lowest BCUT2D eigenvalue weighted by Crippen LogP contribution is -1.74. The Labute approximate surface area is 45.1 Å². The van der Waals surface area contributed by atoms with Gasteiger partial charge in [0.2, 0.25) is 0 Å². The summed E-state index contributed by atoms with van der Waals surface area (Å²) >= 11 is 0. The summed E-state index contributed by atoms with van der Waals surface area (Å²) in [7, 11) is -0.485. The van der Waals surface area contributed by atoms with E-state index in [0.29, 0.717) is 0 Å². The van der Waals surface area contributed by atoms with E-state index >= 15 is 0 Å². The van der Waals surface area contributed by atoms with E-state index in [2.05, 4.69) is 4.95 Å². The van der Waals surface area contributed by atoms with Gasteiger partial charge in [-0.3, -0.25) is 0 Å². The molecule has 0 aromatic heterocycles. The van der Waals surface area contributed by atoms with E-state index in [-0.39, 0.29) is 0 Å². The van der Waals surface area contributed by atoms with Crippen molar-refractivity contribution in [2.45, 2.75) is 13.8 Å². The Kier molecular flexibility index (Phi) is 4.21. The fourth-order valence-corrected chi connectivity index (χ4v) is 1.02. The van der Waals surface area contributed by atoms with Gasteiger partial charge in [0.1, 0.15) is 0 Å². The van der Waals surface area contributed by atoms with Gasteiger partial charge >= 0.3 is 0 Å². The third kappa shape index (κ3) is 2.69. The molecule has 0 heterocycles. The molecule has 0 N–H and O–H groups in total. The van der Waals surface area contributed by atoms with Crippen molar-refractivity contribution in [2.24, 2.45) is 4.95 Å². The molecule has 0 spiro atoms. The van der Waals surface area contributed by atoms with Crippen LogP contribution in [-0.4, -0.2) is 12.3 Å². The molecule has 2 nitrogen and oxygen atoms in total. The van der Waals surface area contributed by atoms with Gasteiger partial charge in [0.25, 0.3) is 0 Å². The molecule has 42 valence electrons. The van der Waals surface area contributed by atoms with E-state index in [9.17, 15) is 4.91 Å². The van der Waals surface area contributed by atoms with Gasteiger partial charge in [-0.05, 0) is 17.3 Å². The molecule has 0 aliphatic heterocycles. The maximum absolute atomic E-state index is 9.75. The molecular formula is C4H10NOP. The first-order chi connectivity index (χ1) is 3.35. The summed E-state index contributed by atoms with van der Waals surface area (Å²) < 4.78 is 0. The summed E-state index contributed by atoms with van der Waals surface area (Å²) in [6, 6.07) is 0. The summed E-state index contributed by atoms with van der Waals surface area (Å²) in [6.45, 7) is 3.99. The molecule has 0 bridgehead atoms. The third-order valence-corrected chi connectivity index (χ3v) is 2.54. The molecule has 0 aliphatic rings. The van der Waals surface area contributed by atoms with Crippen LogP contribution in [-0.2, 0) is 0 Å². The normalized spacial score (nSPS) is 9.57. The Morgan fingerprint density at radius 3 is 1.86 bits per heavy atom. The highest BCUT2D eigenvalue weighted by atomic mass is 31.1. The minimum atomic E-state index is -0.485. The Morgan fingerprint density at radius 1 is 1.43 bits per heavy atom. The summed E-state index contributed by atoms with van der Waals surface area (Å²) in [5.74, 6) is 0. The number of nitrogens with zero attached hydrogens (tertiary/aromatic N) is 1. The molecule has 0 radical (unpaired) electrons. The SMILES string of the molecule is CCP(CC)N=O. The maximum atomic E-state index is 9.75. The third-order valence-electron chi connectivity index (χ3n) is 0.846. The quantitative estimate of drug-likeness (QED) is 0.413. The first-order valence-electron chi connectivity index (χ1n) is 2.43. The van der Waals surface area contributed by atoms with Crippen LogP contribution in [0, 0.1) is 4.91 Å². The van der Waals surface area contributed by atoms with Crippen molar-refractivity contribution in [3.63, 3.8) is 0 Å². The van der Waals surface area contributed by atoms with Gasteiger partial charge in [0, 0.05) is 0 Å². The predicted molar refractivity (Wildman–Crippen MR) is 33.8 cm³/mol. The number of hydrogen-bond acceptors (Lipinski definition) is 2. The lowest BCUT2D eigenvalue weighted by molar-refractivity contribution is 1.39. The molecule has 0 saturated heterocycles. The van der Waals surface area contributed by atoms with Crippen LogP contribution in [0.3, 0.4) is 0 Å². The Bertz CT molecular complexity index is 53.7. The number of rotatable bonds is 3. The van der Waals surface area contributed by atoms with Crippen LogP contribution in [0.2, 0.25) is 0 Å². The van der Waals surface area contributed by atoms with Crippen LogP contribution in [0.5, 0.6) is 0 Å². The molecule has 0 fully saturated rings. The predicted octanol–water partition coefficient (Wildman–Crippen LogP) is 2.19. The average molecular weight is 119 g/mol. The molecule has 7 heavy (non-hydrogen) atoms. The van der Waals surface area contributed by atoms with Crippen molar-refractivity contribution >= 4 is 8.07 Å². The molecule has 0 aliphatic carbocycles. The van der Waals surface area contributed by atoms with Crippen molar-refractivity contribution in [1.29, 1.82) is 0 Å². The highest BCUT2D eigenvalue weighted by molar-refractivity contribution is 7.55. The second kappa shape index (κ2) is 4.20. The molecule has 3 heteroatoms. The van der Waals surface area contributed by atoms with E-state index in [1.165, 1.54) is 0 Å². The monoisotopic (exact) mass is 119 g/mol. The summed E-state index contributed by atoms with van der Waals surface area (Å²) in [5, 5.41) is 0. The van der Waals surface area contributed by atoms with Gasteiger partial charge in [-0.25, -0.2) is 0 Å². The van der Waals surface area contributed by atoms with Gasteiger partial charge in [-0.15, -0.1) is 4.91 Å². The number of nitroso groups, excluding NO2 is 1. The Balaban J connectivity index is 3.16.